The van der Waals surface area contributed by atoms with Crippen LogP contribution in [0, 0.1) is 6.92 Å². The van der Waals surface area contributed by atoms with Gasteiger partial charge >= 0.3 is 0 Å². The third-order valence-electron chi connectivity index (χ3n) is 5.44. The fourth-order valence-corrected chi connectivity index (χ4v) is 5.00. The van der Waals surface area contributed by atoms with Gasteiger partial charge in [-0.15, -0.1) is 10.2 Å². The standard InChI is InChI=1S/C26H21Cl2N3O6S/c1-3-37-16-8-9-19(27)21(13-16)29-26(33)18-12-15-6-4-5-7-17(15)23(25(18)32)30-31-24-20(28)10-14(2)11-22(24)38(34,35)36/h4-13,32H,3H2,1-2H3,(H,29,33)(H,34,35,36). The molecule has 4 aromatic rings. The summed E-state index contributed by atoms with van der Waals surface area (Å²) in [6, 6.07) is 15.7. The summed E-state index contributed by atoms with van der Waals surface area (Å²) in [7, 11) is -4.69. The molecule has 0 unspecified atom stereocenters. The molecule has 0 atom stereocenters. The van der Waals surface area contributed by atoms with Crippen molar-refractivity contribution in [1.82, 2.24) is 0 Å². The van der Waals surface area contributed by atoms with Crippen molar-refractivity contribution in [2.24, 2.45) is 10.2 Å². The number of hydrogen-bond donors (Lipinski definition) is 3. The highest BCUT2D eigenvalue weighted by Gasteiger charge is 2.22. The van der Waals surface area contributed by atoms with Crippen LogP contribution in [0.3, 0.4) is 0 Å². The van der Waals surface area contributed by atoms with Gasteiger partial charge in [0.25, 0.3) is 16.0 Å². The first kappa shape index (κ1) is 27.3. The van der Waals surface area contributed by atoms with E-state index in [1.807, 2.05) is 6.92 Å². The van der Waals surface area contributed by atoms with Gasteiger partial charge in [0.2, 0.25) is 0 Å². The lowest BCUT2D eigenvalue weighted by Gasteiger charge is -2.13. The van der Waals surface area contributed by atoms with Gasteiger partial charge in [0.05, 0.1) is 27.9 Å². The molecule has 38 heavy (non-hydrogen) atoms. The SMILES string of the molecule is CCOc1ccc(Cl)c(NC(=O)c2cc3ccccc3c(N=Nc3c(Cl)cc(C)cc3S(=O)(=O)O)c2O)c1. The second-order valence-corrected chi connectivity index (χ2v) is 10.3. The number of benzene rings is 4. The summed E-state index contributed by atoms with van der Waals surface area (Å²) in [4.78, 5) is 12.7. The van der Waals surface area contributed by atoms with Crippen molar-refractivity contribution in [3.05, 3.63) is 81.8 Å². The van der Waals surface area contributed by atoms with Crippen molar-refractivity contribution >= 4 is 67.1 Å². The Balaban J connectivity index is 1.83. The molecule has 9 nitrogen and oxygen atoms in total. The Morgan fingerprint density at radius 3 is 2.42 bits per heavy atom. The van der Waals surface area contributed by atoms with Crippen LogP contribution in [0.25, 0.3) is 10.8 Å². The highest BCUT2D eigenvalue weighted by Crippen LogP contribution is 2.42. The second kappa shape index (κ2) is 11.0. The lowest BCUT2D eigenvalue weighted by atomic mass is 10.0. The van der Waals surface area contributed by atoms with Crippen molar-refractivity contribution in [2.75, 3.05) is 11.9 Å². The van der Waals surface area contributed by atoms with Gasteiger partial charge < -0.3 is 15.2 Å². The quantitative estimate of drug-likeness (QED) is 0.155. The van der Waals surface area contributed by atoms with E-state index in [2.05, 4.69) is 15.5 Å². The van der Waals surface area contributed by atoms with Crippen LogP contribution in [-0.4, -0.2) is 30.6 Å². The maximum Gasteiger partial charge on any atom is 0.296 e. The predicted octanol–water partition coefficient (Wildman–Crippen LogP) is 7.47. The molecule has 4 rings (SSSR count). The predicted molar refractivity (Wildman–Crippen MR) is 146 cm³/mol. The number of halogens is 2. The molecular weight excluding hydrogens is 553 g/mol. The Kier molecular flexibility index (Phi) is 7.89. The van der Waals surface area contributed by atoms with Gasteiger partial charge in [0.1, 0.15) is 22.0 Å². The van der Waals surface area contributed by atoms with Crippen molar-refractivity contribution < 1.29 is 27.6 Å². The molecule has 12 heteroatoms. The van der Waals surface area contributed by atoms with E-state index in [9.17, 15) is 22.9 Å². The number of amides is 1. The van der Waals surface area contributed by atoms with Gasteiger partial charge in [0.15, 0.2) is 5.75 Å². The maximum atomic E-state index is 13.2. The van der Waals surface area contributed by atoms with Crippen LogP contribution in [0.5, 0.6) is 11.5 Å². The minimum absolute atomic E-state index is 0.0807. The number of azo groups is 1. The third-order valence-corrected chi connectivity index (χ3v) is 6.92. The Hall–Kier alpha value is -3.70. The lowest BCUT2D eigenvalue weighted by molar-refractivity contribution is 0.102. The number of hydrogen-bond acceptors (Lipinski definition) is 7. The van der Waals surface area contributed by atoms with Crippen LogP contribution in [0.1, 0.15) is 22.8 Å². The minimum Gasteiger partial charge on any atom is -0.505 e. The van der Waals surface area contributed by atoms with E-state index in [1.165, 1.54) is 18.2 Å². The molecule has 0 aliphatic carbocycles. The highest BCUT2D eigenvalue weighted by atomic mass is 35.5. The summed E-state index contributed by atoms with van der Waals surface area (Å²) in [5.41, 5.74) is 0.168. The van der Waals surface area contributed by atoms with E-state index in [0.717, 1.165) is 0 Å². The molecule has 196 valence electrons. The smallest absolute Gasteiger partial charge is 0.296 e. The summed E-state index contributed by atoms with van der Waals surface area (Å²) in [6.45, 7) is 3.83. The van der Waals surface area contributed by atoms with Gasteiger partial charge in [-0.25, -0.2) is 0 Å². The van der Waals surface area contributed by atoms with E-state index in [4.69, 9.17) is 27.9 Å². The Bertz CT molecular complexity index is 1710. The summed E-state index contributed by atoms with van der Waals surface area (Å²) in [5, 5.41) is 22.9. The number of anilines is 1. The van der Waals surface area contributed by atoms with E-state index in [-0.39, 0.29) is 32.7 Å². The van der Waals surface area contributed by atoms with Gasteiger partial charge in [-0.05, 0) is 55.1 Å². The fraction of sp³-hybridized carbons (Fsp3) is 0.115. The molecule has 4 aromatic carbocycles. The summed E-state index contributed by atoms with van der Waals surface area (Å²) in [6.07, 6.45) is 0. The zero-order valence-electron chi connectivity index (χ0n) is 20.1. The molecule has 0 heterocycles. The van der Waals surface area contributed by atoms with Crippen LogP contribution in [0.4, 0.5) is 17.1 Å². The van der Waals surface area contributed by atoms with Crippen LogP contribution >= 0.6 is 23.2 Å². The number of aryl methyl sites for hydroxylation is 1. The number of fused-ring (bicyclic) bond motifs is 1. The first-order chi connectivity index (χ1) is 18.0. The van der Waals surface area contributed by atoms with E-state index >= 15 is 0 Å². The number of phenols is 1. The second-order valence-electron chi connectivity index (χ2n) is 8.14. The Labute approximate surface area is 228 Å². The summed E-state index contributed by atoms with van der Waals surface area (Å²) < 4.78 is 39.0. The Morgan fingerprint density at radius 1 is 1.00 bits per heavy atom. The number of carbonyl (C=O) groups excluding carboxylic acids is 1. The van der Waals surface area contributed by atoms with Crippen molar-refractivity contribution in [3.8, 4) is 11.5 Å². The molecule has 0 aromatic heterocycles. The minimum atomic E-state index is -4.69. The van der Waals surface area contributed by atoms with Crippen LogP contribution in [0.15, 0.2) is 75.8 Å². The molecule has 0 radical (unpaired) electrons. The molecule has 3 N–H and O–H groups in total. The van der Waals surface area contributed by atoms with Gasteiger partial charge in [-0.3, -0.25) is 9.35 Å². The number of ether oxygens (including phenoxy) is 1. The number of aromatic hydroxyl groups is 1. The topological polar surface area (TPSA) is 138 Å². The van der Waals surface area contributed by atoms with E-state index < -0.39 is 26.7 Å². The molecule has 0 bridgehead atoms. The average Bonchev–Trinajstić information content (AvgIpc) is 2.85. The first-order valence-corrected chi connectivity index (χ1v) is 13.4. The zero-order chi connectivity index (χ0) is 27.6. The number of phenolic OH excluding ortho intramolecular Hbond substituents is 1. The molecule has 0 aliphatic heterocycles. The van der Waals surface area contributed by atoms with E-state index in [0.29, 0.717) is 28.7 Å². The fourth-order valence-electron chi connectivity index (χ4n) is 3.73. The molecule has 0 spiro atoms. The molecular formula is C26H21Cl2N3O6S. The maximum absolute atomic E-state index is 13.2. The lowest BCUT2D eigenvalue weighted by Crippen LogP contribution is -2.12. The summed E-state index contributed by atoms with van der Waals surface area (Å²) >= 11 is 12.4. The van der Waals surface area contributed by atoms with E-state index in [1.54, 1.807) is 49.4 Å². The molecule has 0 saturated carbocycles. The third kappa shape index (κ3) is 5.73. The molecule has 0 aliphatic rings. The van der Waals surface area contributed by atoms with Crippen LogP contribution in [0.2, 0.25) is 10.0 Å². The van der Waals surface area contributed by atoms with Crippen molar-refractivity contribution in [3.63, 3.8) is 0 Å². The number of rotatable bonds is 7. The number of nitrogens with one attached hydrogen (secondary N) is 1. The molecule has 0 saturated heterocycles. The van der Waals surface area contributed by atoms with Gasteiger partial charge in [0, 0.05) is 11.5 Å². The van der Waals surface area contributed by atoms with Gasteiger partial charge in [-0.2, -0.15) is 8.42 Å². The first-order valence-electron chi connectivity index (χ1n) is 11.2. The van der Waals surface area contributed by atoms with Gasteiger partial charge in [-0.1, -0.05) is 47.5 Å². The highest BCUT2D eigenvalue weighted by molar-refractivity contribution is 7.86. The zero-order valence-corrected chi connectivity index (χ0v) is 22.4. The largest absolute Gasteiger partial charge is 0.505 e. The van der Waals surface area contributed by atoms with Crippen molar-refractivity contribution in [2.45, 2.75) is 18.7 Å². The molecule has 0 fully saturated rings. The monoisotopic (exact) mass is 573 g/mol. The normalized spacial score (nSPS) is 11.7. The van der Waals surface area contributed by atoms with Crippen LogP contribution < -0.4 is 10.1 Å². The number of carbonyl (C=O) groups is 1. The molecule has 1 amide bonds. The average molecular weight is 574 g/mol. The van der Waals surface area contributed by atoms with Crippen molar-refractivity contribution in [1.29, 1.82) is 0 Å². The Morgan fingerprint density at radius 2 is 1.71 bits per heavy atom. The van der Waals surface area contributed by atoms with Crippen LogP contribution in [-0.2, 0) is 10.1 Å². The number of nitrogens with zero attached hydrogens (tertiary/aromatic N) is 2. The summed E-state index contributed by atoms with van der Waals surface area (Å²) in [5.74, 6) is -0.708.